The maximum Gasteiger partial charge on any atom is 0.122 e. The molecule has 1 heterocycles. The summed E-state index contributed by atoms with van der Waals surface area (Å²) >= 11 is 0. The number of hydrogen-bond donors (Lipinski definition) is 0. The smallest absolute Gasteiger partial charge is 0.122 e. The van der Waals surface area contributed by atoms with E-state index in [9.17, 15) is 0 Å². The van der Waals surface area contributed by atoms with Crippen molar-refractivity contribution in [2.24, 2.45) is 5.92 Å². The van der Waals surface area contributed by atoms with E-state index in [1.165, 1.54) is 44.3 Å². The topological polar surface area (TPSA) is 21.7 Å². The van der Waals surface area contributed by atoms with Crippen LogP contribution in [0.2, 0.25) is 0 Å². The molecule has 0 N–H and O–H groups in total. The van der Waals surface area contributed by atoms with E-state index in [1.54, 1.807) is 7.11 Å². The van der Waals surface area contributed by atoms with Gasteiger partial charge >= 0.3 is 0 Å². The fourth-order valence-corrected chi connectivity index (χ4v) is 3.23. The molecule has 0 radical (unpaired) electrons. The fraction of sp³-hybridized carbons (Fsp3) is 0.684. The molecule has 0 amide bonds. The largest absolute Gasteiger partial charge is 0.493 e. The summed E-state index contributed by atoms with van der Waals surface area (Å²) in [5.41, 5.74) is 1.22. The van der Waals surface area contributed by atoms with Crippen LogP contribution < -0.4 is 4.74 Å². The Labute approximate surface area is 135 Å². The van der Waals surface area contributed by atoms with Crippen molar-refractivity contribution < 1.29 is 9.47 Å². The first kappa shape index (κ1) is 17.3. The second-order valence-electron chi connectivity index (χ2n) is 6.41. The molecule has 1 aliphatic heterocycles. The highest BCUT2D eigenvalue weighted by atomic mass is 16.5. The first-order valence-electron chi connectivity index (χ1n) is 8.69. The summed E-state index contributed by atoms with van der Waals surface area (Å²) in [6.07, 6.45) is 6.37. The Hall–Kier alpha value is -1.06. The highest BCUT2D eigenvalue weighted by Gasteiger charge is 2.17. The predicted octanol–water partition coefficient (Wildman–Crippen LogP) is 3.90. The molecular weight excluding hydrogens is 274 g/mol. The SMILES string of the molecule is COCCC1CCCCN(CCCOc2ccccc2C)C1. The zero-order valence-electron chi connectivity index (χ0n) is 14.2. The van der Waals surface area contributed by atoms with E-state index < -0.39 is 0 Å². The number of rotatable bonds is 8. The van der Waals surface area contributed by atoms with Gasteiger partial charge < -0.3 is 14.4 Å². The lowest BCUT2D eigenvalue weighted by molar-refractivity contribution is 0.157. The average Bonchev–Trinajstić information content (AvgIpc) is 2.76. The van der Waals surface area contributed by atoms with Crippen LogP contribution in [-0.4, -0.2) is 44.9 Å². The number of methoxy groups -OCH3 is 1. The Kier molecular flexibility index (Phi) is 7.75. The van der Waals surface area contributed by atoms with Crippen LogP contribution >= 0.6 is 0 Å². The highest BCUT2D eigenvalue weighted by Crippen LogP contribution is 2.20. The normalized spacial score (nSPS) is 19.8. The third-order valence-electron chi connectivity index (χ3n) is 4.55. The van der Waals surface area contributed by atoms with Gasteiger partial charge in [0.1, 0.15) is 5.75 Å². The lowest BCUT2D eigenvalue weighted by Crippen LogP contribution is -2.30. The van der Waals surface area contributed by atoms with E-state index in [0.29, 0.717) is 0 Å². The van der Waals surface area contributed by atoms with Crippen LogP contribution in [0.1, 0.15) is 37.7 Å². The van der Waals surface area contributed by atoms with Crippen LogP contribution in [0, 0.1) is 12.8 Å². The quantitative estimate of drug-likeness (QED) is 0.680. The molecule has 0 aromatic heterocycles. The maximum absolute atomic E-state index is 5.90. The van der Waals surface area contributed by atoms with Gasteiger partial charge in [-0.1, -0.05) is 24.6 Å². The number of aryl methyl sites for hydroxylation is 1. The predicted molar refractivity (Wildman–Crippen MR) is 91.6 cm³/mol. The number of nitrogens with zero attached hydrogens (tertiary/aromatic N) is 1. The summed E-state index contributed by atoms with van der Waals surface area (Å²) in [5.74, 6) is 1.83. The highest BCUT2D eigenvalue weighted by molar-refractivity contribution is 5.31. The van der Waals surface area contributed by atoms with Crippen molar-refractivity contribution in [3.8, 4) is 5.75 Å². The molecule has 1 saturated heterocycles. The van der Waals surface area contributed by atoms with Gasteiger partial charge in [0.05, 0.1) is 6.61 Å². The van der Waals surface area contributed by atoms with Crippen molar-refractivity contribution in [1.82, 2.24) is 4.90 Å². The van der Waals surface area contributed by atoms with Crippen molar-refractivity contribution in [2.45, 2.75) is 39.0 Å². The third kappa shape index (κ3) is 5.98. The van der Waals surface area contributed by atoms with Crippen molar-refractivity contribution >= 4 is 0 Å². The first-order valence-corrected chi connectivity index (χ1v) is 8.69. The van der Waals surface area contributed by atoms with E-state index in [-0.39, 0.29) is 0 Å². The second-order valence-corrected chi connectivity index (χ2v) is 6.41. The van der Waals surface area contributed by atoms with E-state index in [4.69, 9.17) is 9.47 Å². The molecule has 1 aromatic carbocycles. The van der Waals surface area contributed by atoms with Gasteiger partial charge in [-0.05, 0) is 56.7 Å². The standard InChI is InChI=1S/C19H31NO2/c1-17-8-3-4-10-19(17)22-14-7-13-20-12-6-5-9-18(16-20)11-15-21-2/h3-4,8,10,18H,5-7,9,11-16H2,1-2H3. The zero-order chi connectivity index (χ0) is 15.6. The number of likely N-dealkylation sites (tertiary alicyclic amines) is 1. The van der Waals surface area contributed by atoms with Crippen LogP contribution in [0.5, 0.6) is 5.75 Å². The molecule has 3 nitrogen and oxygen atoms in total. The number of ether oxygens (including phenoxy) is 2. The van der Waals surface area contributed by atoms with Crippen LogP contribution in [0.15, 0.2) is 24.3 Å². The van der Waals surface area contributed by atoms with E-state index >= 15 is 0 Å². The molecule has 124 valence electrons. The van der Waals surface area contributed by atoms with Crippen molar-refractivity contribution in [3.05, 3.63) is 29.8 Å². The van der Waals surface area contributed by atoms with Gasteiger partial charge in [0.25, 0.3) is 0 Å². The van der Waals surface area contributed by atoms with Gasteiger partial charge in [-0.25, -0.2) is 0 Å². The molecule has 1 aliphatic rings. The monoisotopic (exact) mass is 305 g/mol. The lowest BCUT2D eigenvalue weighted by Gasteiger charge is -2.24. The Morgan fingerprint density at radius 2 is 2.05 bits per heavy atom. The summed E-state index contributed by atoms with van der Waals surface area (Å²) in [7, 11) is 1.80. The van der Waals surface area contributed by atoms with Crippen molar-refractivity contribution in [2.75, 3.05) is 40.0 Å². The Balaban J connectivity index is 1.68. The van der Waals surface area contributed by atoms with Crippen LogP contribution in [0.3, 0.4) is 0 Å². The van der Waals surface area contributed by atoms with Crippen molar-refractivity contribution in [1.29, 1.82) is 0 Å². The summed E-state index contributed by atoms with van der Waals surface area (Å²) in [6.45, 7) is 7.43. The molecule has 0 saturated carbocycles. The lowest BCUT2D eigenvalue weighted by atomic mass is 10.00. The van der Waals surface area contributed by atoms with Crippen molar-refractivity contribution in [3.63, 3.8) is 0 Å². The Morgan fingerprint density at radius 3 is 2.86 bits per heavy atom. The molecule has 1 unspecified atom stereocenters. The number of hydrogen-bond acceptors (Lipinski definition) is 3. The molecule has 0 aliphatic carbocycles. The van der Waals surface area contributed by atoms with E-state index in [2.05, 4.69) is 30.0 Å². The zero-order valence-corrected chi connectivity index (χ0v) is 14.2. The third-order valence-corrected chi connectivity index (χ3v) is 4.55. The molecule has 0 spiro atoms. The van der Waals surface area contributed by atoms with Crippen LogP contribution in [0.4, 0.5) is 0 Å². The molecule has 22 heavy (non-hydrogen) atoms. The summed E-state index contributed by atoms with van der Waals surface area (Å²) in [4.78, 5) is 2.62. The molecule has 3 heteroatoms. The van der Waals surface area contributed by atoms with E-state index in [1.807, 2.05) is 6.07 Å². The van der Waals surface area contributed by atoms with Gasteiger partial charge in [0, 0.05) is 26.8 Å². The van der Waals surface area contributed by atoms with Crippen LogP contribution in [-0.2, 0) is 4.74 Å². The number of para-hydroxylation sites is 1. The number of benzene rings is 1. The maximum atomic E-state index is 5.90. The molecule has 0 bridgehead atoms. The minimum absolute atomic E-state index is 0.805. The summed E-state index contributed by atoms with van der Waals surface area (Å²) < 4.78 is 11.1. The van der Waals surface area contributed by atoms with Gasteiger partial charge in [0.2, 0.25) is 0 Å². The van der Waals surface area contributed by atoms with Crippen LogP contribution in [0.25, 0.3) is 0 Å². The van der Waals surface area contributed by atoms with Gasteiger partial charge in [-0.3, -0.25) is 0 Å². The molecule has 1 fully saturated rings. The van der Waals surface area contributed by atoms with Gasteiger partial charge in [0.15, 0.2) is 0 Å². The summed E-state index contributed by atoms with van der Waals surface area (Å²) in [5, 5.41) is 0. The molecule has 2 rings (SSSR count). The fourth-order valence-electron chi connectivity index (χ4n) is 3.23. The molecule has 1 aromatic rings. The first-order chi connectivity index (χ1) is 10.8. The molecular formula is C19H31NO2. The van der Waals surface area contributed by atoms with Gasteiger partial charge in [-0.15, -0.1) is 0 Å². The van der Waals surface area contributed by atoms with Gasteiger partial charge in [-0.2, -0.15) is 0 Å². The minimum Gasteiger partial charge on any atom is -0.493 e. The minimum atomic E-state index is 0.805. The Bertz CT molecular complexity index is 422. The summed E-state index contributed by atoms with van der Waals surface area (Å²) in [6, 6.07) is 8.25. The second kappa shape index (κ2) is 9.86. The average molecular weight is 305 g/mol. The Morgan fingerprint density at radius 1 is 1.18 bits per heavy atom. The van der Waals surface area contributed by atoms with E-state index in [0.717, 1.165) is 37.8 Å². The molecule has 1 atom stereocenters.